The van der Waals surface area contributed by atoms with Crippen molar-refractivity contribution in [3.8, 4) is 0 Å². The summed E-state index contributed by atoms with van der Waals surface area (Å²) in [6, 6.07) is -10.5. The molecular weight excluding hydrogens is 965 g/mol. The summed E-state index contributed by atoms with van der Waals surface area (Å²) >= 11 is 0. The zero-order chi connectivity index (χ0) is 54.7. The molecule has 30 nitrogen and oxygen atoms in total. The van der Waals surface area contributed by atoms with Crippen LogP contribution in [-0.2, 0) is 66.9 Å². The van der Waals surface area contributed by atoms with Crippen molar-refractivity contribution in [1.29, 1.82) is 0 Å². The highest BCUT2D eigenvalue weighted by Crippen LogP contribution is 2.30. The summed E-state index contributed by atoms with van der Waals surface area (Å²) in [6.45, 7) is 5.01. The SMILES string of the molecule is CC(=O)N[C@@H]1[C@@H](O)[C@H](O)[C@@H](CO)O[C@H]1COC[C@H]1[C@H](OC(C)C(=O)NC(C)C(=O)NC(CCC(=O)NC(CCCC(N)C(N)=O)C(=O)NC(C)C(=O)NC(C)C(=O)O)C(N)=O)[C@@H](NC(C)=O)C(O)O[C@@H]1CO. The van der Waals surface area contributed by atoms with Gasteiger partial charge in [-0.3, -0.25) is 47.9 Å². The van der Waals surface area contributed by atoms with Crippen molar-refractivity contribution in [3.05, 3.63) is 0 Å². The monoisotopic (exact) mass is 1040 g/mol. The van der Waals surface area contributed by atoms with Gasteiger partial charge >= 0.3 is 5.97 Å². The van der Waals surface area contributed by atoms with Gasteiger partial charge in [-0.2, -0.15) is 0 Å². The average molecular weight is 1040 g/mol. The van der Waals surface area contributed by atoms with E-state index in [1.54, 1.807) is 0 Å². The third-order valence-corrected chi connectivity index (χ3v) is 11.7. The third-order valence-electron chi connectivity index (χ3n) is 11.7. The number of nitrogens with one attached hydrogen (secondary N) is 7. The van der Waals surface area contributed by atoms with Gasteiger partial charge in [0.1, 0.15) is 66.8 Å². The molecule has 2 aliphatic heterocycles. The maximum Gasteiger partial charge on any atom is 0.325 e. The lowest BCUT2D eigenvalue weighted by molar-refractivity contribution is -0.260. The summed E-state index contributed by atoms with van der Waals surface area (Å²) in [5.74, 6) is -10.0. The number of carbonyl (C=O) groups is 10. The number of hydrogen-bond donors (Lipinski definition) is 16. The van der Waals surface area contributed by atoms with Gasteiger partial charge in [0.15, 0.2) is 6.29 Å². The minimum atomic E-state index is -1.79. The van der Waals surface area contributed by atoms with Crippen LogP contribution in [0.4, 0.5) is 0 Å². The molecule has 2 fully saturated rings. The molecule has 19 N–H and O–H groups in total. The fraction of sp³-hybridized carbons (Fsp3) is 0.762. The molecule has 9 amide bonds. The second kappa shape index (κ2) is 29.7. The van der Waals surface area contributed by atoms with E-state index in [0.717, 1.165) is 13.8 Å². The number of hydrogen-bond acceptors (Lipinski definition) is 20. The first-order valence-corrected chi connectivity index (χ1v) is 23.1. The van der Waals surface area contributed by atoms with Gasteiger partial charge in [0, 0.05) is 26.2 Å². The predicted molar refractivity (Wildman–Crippen MR) is 243 cm³/mol. The molecule has 0 radical (unpaired) electrons. The fourth-order valence-corrected chi connectivity index (χ4v) is 7.58. The van der Waals surface area contributed by atoms with Crippen LogP contribution < -0.4 is 54.4 Å². The van der Waals surface area contributed by atoms with Gasteiger partial charge in [0.2, 0.25) is 53.2 Å². The van der Waals surface area contributed by atoms with Crippen molar-refractivity contribution < 1.29 is 97.5 Å². The van der Waals surface area contributed by atoms with Crippen molar-refractivity contribution in [2.24, 2.45) is 23.1 Å². The van der Waals surface area contributed by atoms with Gasteiger partial charge in [0.05, 0.1) is 50.7 Å². The van der Waals surface area contributed by atoms with Crippen LogP contribution in [0, 0.1) is 5.92 Å². The summed E-state index contributed by atoms with van der Waals surface area (Å²) in [4.78, 5) is 125. The second-order valence-corrected chi connectivity index (χ2v) is 17.6. The van der Waals surface area contributed by atoms with Crippen LogP contribution in [0.2, 0.25) is 0 Å². The molecule has 30 heteroatoms. The number of amides is 9. The Labute approximate surface area is 413 Å². The van der Waals surface area contributed by atoms with Crippen molar-refractivity contribution in [2.75, 3.05) is 26.4 Å². The number of aliphatic hydroxyl groups excluding tert-OH is 5. The Morgan fingerprint density at radius 1 is 0.611 bits per heavy atom. The average Bonchev–Trinajstić information content (AvgIpc) is 3.30. The standard InChI is InChI=1S/C42H72N10O20/c1-16(37(62)48-18(3)41(66)67)47-40(65)25(9-7-8-23(43)35(44)60)51-29(57)11-10-24(36(45)61)52-38(63)17(2)46-39(64)19(4)70-34-22(26(12-53)72-42(68)31(34)50-21(6)56)14-69-15-28-30(49-20(5)55)33(59)32(58)27(13-54)71-28/h16-19,22-28,30-34,42,53-54,58-59,68H,7-15,43H2,1-6H3,(H2,44,60)(H2,45,61)(H,46,64)(H,47,65)(H,48,62)(H,49,55)(H,50,56)(H,51,57)(H,52,63)(H,66,67)/t16?,17?,18?,19?,22-,23?,24?,25?,26-,27-,28+,30+,31-,32-,33-,34+,42?/m1/s1. The highest BCUT2D eigenvalue weighted by molar-refractivity contribution is 5.94. The van der Waals surface area contributed by atoms with Crippen LogP contribution >= 0.6 is 0 Å². The lowest BCUT2D eigenvalue weighted by Gasteiger charge is -2.46. The number of aliphatic carboxylic acids is 1. The van der Waals surface area contributed by atoms with Gasteiger partial charge in [-0.1, -0.05) is 0 Å². The fourth-order valence-electron chi connectivity index (χ4n) is 7.58. The number of carbonyl (C=O) groups excluding carboxylic acids is 9. The first kappa shape index (κ1) is 62.4. The molecule has 0 saturated carbocycles. The summed E-state index contributed by atoms with van der Waals surface area (Å²) in [6.07, 6.45) is -12.4. The summed E-state index contributed by atoms with van der Waals surface area (Å²) in [5, 5.41) is 77.7. The first-order valence-electron chi connectivity index (χ1n) is 23.1. The Bertz CT molecular complexity index is 1900. The Hall–Kier alpha value is -5.70. The summed E-state index contributed by atoms with van der Waals surface area (Å²) in [7, 11) is 0. The summed E-state index contributed by atoms with van der Waals surface area (Å²) in [5.41, 5.74) is 16.4. The lowest BCUT2D eigenvalue weighted by Crippen LogP contribution is -2.65. The number of aliphatic hydroxyl groups is 5. The molecule has 0 aliphatic carbocycles. The van der Waals surface area contributed by atoms with Gasteiger partial charge in [-0.05, 0) is 53.4 Å². The predicted octanol–water partition coefficient (Wildman–Crippen LogP) is -8.59. The van der Waals surface area contributed by atoms with Gasteiger partial charge in [0.25, 0.3) is 0 Å². The molecule has 2 rings (SSSR count). The van der Waals surface area contributed by atoms with Gasteiger partial charge in [-0.15, -0.1) is 0 Å². The topological polar surface area (TPSA) is 491 Å². The normalized spacial score (nSPS) is 26.9. The zero-order valence-corrected chi connectivity index (χ0v) is 40.8. The number of rotatable bonds is 29. The van der Waals surface area contributed by atoms with Crippen LogP contribution in [0.15, 0.2) is 0 Å². The highest BCUT2D eigenvalue weighted by atomic mass is 16.6. The van der Waals surface area contributed by atoms with Crippen molar-refractivity contribution in [2.45, 2.75) is 171 Å². The maximum absolute atomic E-state index is 13.5. The lowest BCUT2D eigenvalue weighted by atomic mass is 9.87. The Morgan fingerprint density at radius 3 is 1.71 bits per heavy atom. The molecule has 0 aromatic carbocycles. The quantitative estimate of drug-likeness (QED) is 0.0331. The molecule has 0 bridgehead atoms. The van der Waals surface area contributed by atoms with E-state index in [4.69, 9.17) is 41.3 Å². The van der Waals surface area contributed by atoms with E-state index < -0.39 is 202 Å². The second-order valence-electron chi connectivity index (χ2n) is 17.6. The number of ether oxygens (including phenoxy) is 4. The Balaban J connectivity index is 2.17. The number of primary amides is 2. The third kappa shape index (κ3) is 19.4. The van der Waals surface area contributed by atoms with Crippen LogP contribution in [-0.4, -0.2) is 214 Å². The van der Waals surface area contributed by atoms with E-state index in [1.165, 1.54) is 27.7 Å². The molecule has 17 atom stereocenters. The van der Waals surface area contributed by atoms with E-state index in [0.29, 0.717) is 0 Å². The molecule has 8 unspecified atom stereocenters. The van der Waals surface area contributed by atoms with Crippen molar-refractivity contribution >= 4 is 59.1 Å². The van der Waals surface area contributed by atoms with E-state index >= 15 is 0 Å². The highest BCUT2D eigenvalue weighted by Gasteiger charge is 2.49. The minimum absolute atomic E-state index is 0.0144. The molecule has 72 heavy (non-hydrogen) atoms. The van der Waals surface area contributed by atoms with Crippen LogP contribution in [0.5, 0.6) is 0 Å². The smallest absolute Gasteiger partial charge is 0.325 e. The van der Waals surface area contributed by atoms with E-state index in [2.05, 4.69) is 37.2 Å². The molecule has 0 spiro atoms. The molecular formula is C42H72N10O20. The van der Waals surface area contributed by atoms with E-state index in [9.17, 15) is 73.5 Å². The molecule has 2 heterocycles. The first-order chi connectivity index (χ1) is 33.6. The minimum Gasteiger partial charge on any atom is -0.480 e. The number of carboxylic acid groups (broad SMARTS) is 1. The van der Waals surface area contributed by atoms with Crippen molar-refractivity contribution in [1.82, 2.24) is 37.2 Å². The van der Waals surface area contributed by atoms with Gasteiger partial charge < -0.3 is 104 Å². The number of nitrogens with two attached hydrogens (primary N) is 3. The molecule has 410 valence electrons. The van der Waals surface area contributed by atoms with Gasteiger partial charge in [-0.25, -0.2) is 0 Å². The van der Waals surface area contributed by atoms with Crippen LogP contribution in [0.3, 0.4) is 0 Å². The van der Waals surface area contributed by atoms with Crippen LogP contribution in [0.1, 0.15) is 73.6 Å². The van der Waals surface area contributed by atoms with E-state index in [1.807, 2.05) is 0 Å². The molecule has 0 aromatic heterocycles. The van der Waals surface area contributed by atoms with Crippen molar-refractivity contribution in [3.63, 3.8) is 0 Å². The van der Waals surface area contributed by atoms with E-state index in [-0.39, 0.29) is 19.3 Å². The zero-order valence-electron chi connectivity index (χ0n) is 40.8. The number of carboxylic acids is 1. The molecule has 2 saturated heterocycles. The molecule has 0 aromatic rings. The largest absolute Gasteiger partial charge is 0.480 e. The van der Waals surface area contributed by atoms with Crippen LogP contribution in [0.25, 0.3) is 0 Å². The Morgan fingerprint density at radius 2 is 1.17 bits per heavy atom. The molecule has 2 aliphatic rings. The maximum atomic E-state index is 13.5. The summed E-state index contributed by atoms with van der Waals surface area (Å²) < 4.78 is 23.2. The Kier molecular flexibility index (Phi) is 25.8.